The van der Waals surface area contributed by atoms with Crippen LogP contribution in [0.1, 0.15) is 31.0 Å². The molecule has 2 heterocycles. The summed E-state index contributed by atoms with van der Waals surface area (Å²) in [5.74, 6) is -0.182. The number of carbonyl (C=O) groups is 2. The van der Waals surface area contributed by atoms with Crippen molar-refractivity contribution in [3.8, 4) is 0 Å². The molecule has 0 bridgehead atoms. The molecule has 1 aliphatic rings. The Hall–Kier alpha value is -1.75. The molecule has 0 aliphatic carbocycles. The van der Waals surface area contributed by atoms with E-state index in [9.17, 15) is 9.59 Å². The van der Waals surface area contributed by atoms with Crippen LogP contribution in [0.2, 0.25) is 0 Å². The first-order chi connectivity index (χ1) is 9.11. The topological polar surface area (TPSA) is 62.3 Å². The minimum Gasteiger partial charge on any atom is -0.301 e. The summed E-state index contributed by atoms with van der Waals surface area (Å²) in [5, 5.41) is 3.13. The van der Waals surface area contributed by atoms with Gasteiger partial charge in [0.2, 0.25) is 11.8 Å². The highest BCUT2D eigenvalue weighted by Gasteiger charge is 2.37. The molecule has 1 aromatic heterocycles. The second-order valence-corrected chi connectivity index (χ2v) is 4.83. The largest absolute Gasteiger partial charge is 0.301 e. The molecule has 0 saturated carbocycles. The summed E-state index contributed by atoms with van der Waals surface area (Å²) in [6, 6.07) is 3.52. The van der Waals surface area contributed by atoms with E-state index in [-0.39, 0.29) is 24.3 Å². The number of likely N-dealkylation sites (tertiary alicyclic amines) is 1. The molecule has 1 aromatic rings. The van der Waals surface area contributed by atoms with Crippen LogP contribution in [0.4, 0.5) is 0 Å². The van der Waals surface area contributed by atoms with Crippen molar-refractivity contribution >= 4 is 11.8 Å². The number of pyridine rings is 1. The molecule has 2 rings (SSSR count). The standard InChI is InChI=1S/C14H19N3O2/c1-3-6-17-13(18)7-12(14(17)19)16-9-11-5-4-10(2)15-8-11/h4-5,8,12,16H,3,6-7,9H2,1-2H3. The van der Waals surface area contributed by atoms with Gasteiger partial charge in [-0.05, 0) is 25.0 Å². The fourth-order valence-corrected chi connectivity index (χ4v) is 2.15. The SMILES string of the molecule is CCCN1C(=O)CC(NCc2ccc(C)nc2)C1=O. The van der Waals surface area contributed by atoms with Crippen LogP contribution in [0.5, 0.6) is 0 Å². The van der Waals surface area contributed by atoms with Gasteiger partial charge < -0.3 is 5.32 Å². The second-order valence-electron chi connectivity index (χ2n) is 4.83. The van der Waals surface area contributed by atoms with Crippen LogP contribution in [0.25, 0.3) is 0 Å². The van der Waals surface area contributed by atoms with E-state index >= 15 is 0 Å². The van der Waals surface area contributed by atoms with E-state index in [2.05, 4.69) is 10.3 Å². The third-order valence-corrected chi connectivity index (χ3v) is 3.22. The number of nitrogens with zero attached hydrogens (tertiary/aromatic N) is 2. The highest BCUT2D eigenvalue weighted by atomic mass is 16.2. The Balaban J connectivity index is 1.92. The zero-order valence-corrected chi connectivity index (χ0v) is 11.3. The quantitative estimate of drug-likeness (QED) is 0.804. The van der Waals surface area contributed by atoms with E-state index in [1.165, 1.54) is 4.90 Å². The molecule has 1 saturated heterocycles. The third kappa shape index (κ3) is 3.17. The number of nitrogens with one attached hydrogen (secondary N) is 1. The Morgan fingerprint density at radius 3 is 2.84 bits per heavy atom. The zero-order valence-electron chi connectivity index (χ0n) is 11.3. The lowest BCUT2D eigenvalue weighted by molar-refractivity contribution is -0.138. The molecule has 1 fully saturated rings. The van der Waals surface area contributed by atoms with E-state index in [0.717, 1.165) is 17.7 Å². The zero-order chi connectivity index (χ0) is 13.8. The van der Waals surface area contributed by atoms with Crippen LogP contribution < -0.4 is 5.32 Å². The van der Waals surface area contributed by atoms with Gasteiger partial charge in [-0.1, -0.05) is 13.0 Å². The summed E-state index contributed by atoms with van der Waals surface area (Å²) in [7, 11) is 0. The number of amides is 2. The van der Waals surface area contributed by atoms with Crippen LogP contribution >= 0.6 is 0 Å². The fourth-order valence-electron chi connectivity index (χ4n) is 2.15. The molecule has 2 amide bonds. The van der Waals surface area contributed by atoms with Gasteiger partial charge in [0, 0.05) is 25.0 Å². The van der Waals surface area contributed by atoms with E-state index in [1.54, 1.807) is 6.20 Å². The normalized spacial score (nSPS) is 19.3. The highest BCUT2D eigenvalue weighted by Crippen LogP contribution is 2.14. The van der Waals surface area contributed by atoms with Gasteiger partial charge in [0.05, 0.1) is 12.5 Å². The van der Waals surface area contributed by atoms with E-state index in [1.807, 2.05) is 26.0 Å². The molecule has 1 N–H and O–H groups in total. The molecule has 19 heavy (non-hydrogen) atoms. The maximum Gasteiger partial charge on any atom is 0.246 e. The summed E-state index contributed by atoms with van der Waals surface area (Å²) >= 11 is 0. The lowest BCUT2D eigenvalue weighted by Gasteiger charge is -2.14. The maximum absolute atomic E-state index is 12.0. The Labute approximate surface area is 113 Å². The Kier molecular flexibility index (Phi) is 4.27. The van der Waals surface area contributed by atoms with Crippen molar-refractivity contribution in [2.45, 2.75) is 39.3 Å². The number of imide groups is 1. The van der Waals surface area contributed by atoms with Gasteiger partial charge >= 0.3 is 0 Å². The van der Waals surface area contributed by atoms with Gasteiger partial charge in [0.1, 0.15) is 0 Å². The third-order valence-electron chi connectivity index (χ3n) is 3.22. The van der Waals surface area contributed by atoms with Crippen LogP contribution in [-0.2, 0) is 16.1 Å². The van der Waals surface area contributed by atoms with E-state index in [4.69, 9.17) is 0 Å². The molecule has 5 nitrogen and oxygen atoms in total. The number of aryl methyl sites for hydroxylation is 1. The van der Waals surface area contributed by atoms with Gasteiger partial charge in [-0.3, -0.25) is 19.5 Å². The average molecular weight is 261 g/mol. The molecular formula is C14H19N3O2. The predicted molar refractivity (Wildman–Crippen MR) is 71.2 cm³/mol. The lowest BCUT2D eigenvalue weighted by atomic mass is 10.2. The first-order valence-electron chi connectivity index (χ1n) is 6.61. The summed E-state index contributed by atoms with van der Waals surface area (Å²) in [6.07, 6.45) is 2.84. The lowest BCUT2D eigenvalue weighted by Crippen LogP contribution is -2.38. The highest BCUT2D eigenvalue weighted by molar-refractivity contribution is 6.05. The molecule has 1 aliphatic heterocycles. The molecule has 0 aromatic carbocycles. The molecule has 0 spiro atoms. The van der Waals surface area contributed by atoms with Crippen molar-refractivity contribution in [3.63, 3.8) is 0 Å². The maximum atomic E-state index is 12.0. The fraction of sp³-hybridized carbons (Fsp3) is 0.500. The minimum atomic E-state index is -0.389. The first-order valence-corrected chi connectivity index (χ1v) is 6.61. The second kappa shape index (κ2) is 5.93. The number of hydrogen-bond acceptors (Lipinski definition) is 4. The first kappa shape index (κ1) is 13.7. The van der Waals surface area contributed by atoms with Crippen molar-refractivity contribution in [1.82, 2.24) is 15.2 Å². The predicted octanol–water partition coefficient (Wildman–Crippen LogP) is 1.02. The van der Waals surface area contributed by atoms with Crippen LogP contribution in [-0.4, -0.2) is 34.3 Å². The number of hydrogen-bond donors (Lipinski definition) is 1. The van der Waals surface area contributed by atoms with Crippen molar-refractivity contribution in [3.05, 3.63) is 29.6 Å². The summed E-state index contributed by atoms with van der Waals surface area (Å²) in [6.45, 7) is 4.96. The molecule has 102 valence electrons. The Bertz CT molecular complexity index is 470. The molecule has 0 radical (unpaired) electrons. The summed E-state index contributed by atoms with van der Waals surface area (Å²) in [5.41, 5.74) is 1.98. The number of carbonyl (C=O) groups excluding carboxylic acids is 2. The van der Waals surface area contributed by atoms with Crippen molar-refractivity contribution in [2.24, 2.45) is 0 Å². The van der Waals surface area contributed by atoms with E-state index in [0.29, 0.717) is 13.1 Å². The minimum absolute atomic E-state index is 0.0774. The molecule has 1 atom stereocenters. The van der Waals surface area contributed by atoms with E-state index < -0.39 is 0 Å². The number of rotatable bonds is 5. The molecule has 1 unspecified atom stereocenters. The number of aromatic nitrogens is 1. The van der Waals surface area contributed by atoms with Crippen molar-refractivity contribution < 1.29 is 9.59 Å². The Morgan fingerprint density at radius 1 is 1.42 bits per heavy atom. The average Bonchev–Trinajstić information content (AvgIpc) is 2.66. The van der Waals surface area contributed by atoms with Gasteiger partial charge in [-0.15, -0.1) is 0 Å². The van der Waals surface area contributed by atoms with Crippen molar-refractivity contribution in [2.75, 3.05) is 6.54 Å². The summed E-state index contributed by atoms with van der Waals surface area (Å²) in [4.78, 5) is 29.3. The van der Waals surface area contributed by atoms with Crippen LogP contribution in [0, 0.1) is 6.92 Å². The van der Waals surface area contributed by atoms with Crippen LogP contribution in [0.3, 0.4) is 0 Å². The van der Waals surface area contributed by atoms with Crippen LogP contribution in [0.15, 0.2) is 18.3 Å². The van der Waals surface area contributed by atoms with Gasteiger partial charge in [-0.25, -0.2) is 0 Å². The Morgan fingerprint density at radius 2 is 2.21 bits per heavy atom. The van der Waals surface area contributed by atoms with Gasteiger partial charge in [-0.2, -0.15) is 0 Å². The smallest absolute Gasteiger partial charge is 0.246 e. The van der Waals surface area contributed by atoms with Gasteiger partial charge in [0.15, 0.2) is 0 Å². The molecule has 5 heteroatoms. The van der Waals surface area contributed by atoms with Gasteiger partial charge in [0.25, 0.3) is 0 Å². The molecular weight excluding hydrogens is 242 g/mol. The monoisotopic (exact) mass is 261 g/mol. The van der Waals surface area contributed by atoms with Crippen molar-refractivity contribution in [1.29, 1.82) is 0 Å². The summed E-state index contributed by atoms with van der Waals surface area (Å²) < 4.78 is 0.